The largest absolute Gasteiger partial charge is 0.375 e. The van der Waals surface area contributed by atoms with Crippen molar-refractivity contribution in [2.45, 2.75) is 42.6 Å². The molecule has 0 atom stereocenters. The Morgan fingerprint density at radius 2 is 2.28 bits per heavy atom. The molecule has 0 spiro atoms. The molecule has 1 saturated carbocycles. The van der Waals surface area contributed by atoms with E-state index < -0.39 is 0 Å². The molecule has 2 aromatic heterocycles. The molecule has 18 heavy (non-hydrogen) atoms. The smallest absolute Gasteiger partial charge is 0.209 e. The molecule has 96 valence electrons. The fraction of sp³-hybridized carbons (Fsp3) is 0.600. The highest BCUT2D eigenvalue weighted by molar-refractivity contribution is 7.98. The van der Waals surface area contributed by atoms with Gasteiger partial charge in [0.2, 0.25) is 5.16 Å². The molecule has 0 radical (unpaired) electrons. The topological polar surface area (TPSA) is 82.5 Å². The molecule has 1 aliphatic carbocycles. The third kappa shape index (κ3) is 2.49. The van der Waals surface area contributed by atoms with Crippen LogP contribution in [0.4, 0.5) is 5.13 Å². The summed E-state index contributed by atoms with van der Waals surface area (Å²) in [5.74, 6) is 0.765. The average molecular weight is 282 g/mol. The van der Waals surface area contributed by atoms with E-state index in [0.29, 0.717) is 11.2 Å². The van der Waals surface area contributed by atoms with Crippen molar-refractivity contribution in [2.24, 2.45) is 0 Å². The second-order valence-corrected chi connectivity index (χ2v) is 6.14. The second kappa shape index (κ2) is 5.23. The van der Waals surface area contributed by atoms with Crippen molar-refractivity contribution < 1.29 is 0 Å². The monoisotopic (exact) mass is 282 g/mol. The zero-order valence-electron chi connectivity index (χ0n) is 9.82. The lowest BCUT2D eigenvalue weighted by Gasteiger charge is -2.10. The van der Waals surface area contributed by atoms with Crippen LogP contribution in [0.5, 0.6) is 0 Å². The maximum atomic E-state index is 5.61. The van der Waals surface area contributed by atoms with Gasteiger partial charge < -0.3 is 5.73 Å². The van der Waals surface area contributed by atoms with Crippen LogP contribution in [0.1, 0.15) is 37.4 Å². The number of aromatic nitrogens is 5. The Morgan fingerprint density at radius 1 is 1.44 bits per heavy atom. The van der Waals surface area contributed by atoms with Crippen LogP contribution in [0.2, 0.25) is 0 Å². The fourth-order valence-electron chi connectivity index (χ4n) is 2.19. The first-order chi connectivity index (χ1) is 8.83. The number of thioether (sulfide) groups is 1. The third-order valence-electron chi connectivity index (χ3n) is 3.05. The van der Waals surface area contributed by atoms with Gasteiger partial charge in [0.05, 0.1) is 11.7 Å². The van der Waals surface area contributed by atoms with Crippen molar-refractivity contribution in [3.05, 3.63) is 11.1 Å². The van der Waals surface area contributed by atoms with Gasteiger partial charge in [-0.05, 0) is 23.3 Å². The van der Waals surface area contributed by atoms with E-state index in [0.717, 1.165) is 16.6 Å². The Kier molecular flexibility index (Phi) is 3.46. The highest BCUT2D eigenvalue weighted by Gasteiger charge is 2.21. The minimum atomic E-state index is 0.475. The molecule has 2 aromatic rings. The van der Waals surface area contributed by atoms with Crippen LogP contribution in [-0.4, -0.2) is 25.2 Å². The number of thiazole rings is 1. The summed E-state index contributed by atoms with van der Waals surface area (Å²) in [7, 11) is 0. The molecule has 2 heterocycles. The van der Waals surface area contributed by atoms with Gasteiger partial charge in [-0.1, -0.05) is 24.6 Å². The summed E-state index contributed by atoms with van der Waals surface area (Å²) in [5, 5.41) is 15.5. The minimum Gasteiger partial charge on any atom is -0.375 e. The van der Waals surface area contributed by atoms with E-state index >= 15 is 0 Å². The molecule has 8 heteroatoms. The van der Waals surface area contributed by atoms with Crippen molar-refractivity contribution >= 4 is 28.2 Å². The molecule has 0 amide bonds. The number of rotatable bonds is 4. The van der Waals surface area contributed by atoms with E-state index in [9.17, 15) is 0 Å². The van der Waals surface area contributed by atoms with E-state index in [-0.39, 0.29) is 0 Å². The fourth-order valence-corrected chi connectivity index (χ4v) is 3.69. The number of hydrogen-bond donors (Lipinski definition) is 1. The van der Waals surface area contributed by atoms with E-state index in [1.165, 1.54) is 37.0 Å². The zero-order valence-corrected chi connectivity index (χ0v) is 11.5. The Morgan fingerprint density at radius 3 is 3.00 bits per heavy atom. The summed E-state index contributed by atoms with van der Waals surface area (Å²) >= 11 is 3.09. The van der Waals surface area contributed by atoms with Crippen molar-refractivity contribution in [2.75, 3.05) is 5.73 Å². The van der Waals surface area contributed by atoms with Crippen molar-refractivity contribution in [3.8, 4) is 0 Å². The normalized spacial score (nSPS) is 16.4. The van der Waals surface area contributed by atoms with Gasteiger partial charge in [-0.15, -0.1) is 16.4 Å². The molecule has 0 bridgehead atoms. The molecule has 0 aromatic carbocycles. The molecule has 2 N–H and O–H groups in total. The van der Waals surface area contributed by atoms with Crippen molar-refractivity contribution in [1.82, 2.24) is 25.2 Å². The zero-order chi connectivity index (χ0) is 12.4. The van der Waals surface area contributed by atoms with E-state index in [1.54, 1.807) is 11.8 Å². The third-order valence-corrected chi connectivity index (χ3v) is 4.74. The van der Waals surface area contributed by atoms with Gasteiger partial charge >= 0.3 is 0 Å². The molecular formula is C10H14N6S2. The van der Waals surface area contributed by atoms with Crippen LogP contribution in [0, 0.1) is 0 Å². The lowest BCUT2D eigenvalue weighted by molar-refractivity contribution is 0.423. The SMILES string of the molecule is Nc1nc(CSc2nnnn2C2CCCC2)cs1. The predicted octanol–water partition coefficient (Wildman–Crippen LogP) is 2.12. The molecule has 0 unspecified atom stereocenters. The van der Waals surface area contributed by atoms with Gasteiger partial charge in [0.25, 0.3) is 0 Å². The number of nitrogens with two attached hydrogens (primary N) is 1. The van der Waals surface area contributed by atoms with Gasteiger partial charge in [0.1, 0.15) is 0 Å². The molecule has 3 rings (SSSR count). The number of hydrogen-bond acceptors (Lipinski definition) is 7. The summed E-state index contributed by atoms with van der Waals surface area (Å²) in [5.41, 5.74) is 6.60. The van der Waals surface area contributed by atoms with Crippen molar-refractivity contribution in [1.29, 1.82) is 0 Å². The molecule has 6 nitrogen and oxygen atoms in total. The number of nitrogen functional groups attached to an aromatic ring is 1. The summed E-state index contributed by atoms with van der Waals surface area (Å²) in [6.07, 6.45) is 4.92. The molecule has 1 aliphatic rings. The summed E-state index contributed by atoms with van der Waals surface area (Å²) in [6.45, 7) is 0. The Bertz CT molecular complexity index is 516. The highest BCUT2D eigenvalue weighted by atomic mass is 32.2. The van der Waals surface area contributed by atoms with E-state index in [4.69, 9.17) is 5.73 Å². The van der Waals surface area contributed by atoms with Crippen LogP contribution >= 0.6 is 23.1 Å². The predicted molar refractivity (Wildman–Crippen MR) is 71.4 cm³/mol. The second-order valence-electron chi connectivity index (χ2n) is 4.31. The van der Waals surface area contributed by atoms with Crippen LogP contribution in [0.3, 0.4) is 0 Å². The first kappa shape index (κ1) is 11.9. The number of anilines is 1. The van der Waals surface area contributed by atoms with Crippen LogP contribution < -0.4 is 5.73 Å². The molecule has 0 saturated heterocycles. The number of tetrazole rings is 1. The molecule has 0 aliphatic heterocycles. The highest BCUT2D eigenvalue weighted by Crippen LogP contribution is 2.32. The summed E-state index contributed by atoms with van der Waals surface area (Å²) < 4.78 is 1.97. The first-order valence-electron chi connectivity index (χ1n) is 5.93. The standard InChI is InChI=1S/C10H14N6S2/c11-9-12-7(5-17-9)6-18-10-13-14-15-16(10)8-3-1-2-4-8/h5,8H,1-4,6H2,(H2,11,12). The summed E-state index contributed by atoms with van der Waals surface area (Å²) in [6, 6.07) is 0.475. The van der Waals surface area contributed by atoms with Crippen LogP contribution in [0.25, 0.3) is 0 Å². The molecular weight excluding hydrogens is 268 g/mol. The van der Waals surface area contributed by atoms with Gasteiger partial charge in [-0.2, -0.15) is 0 Å². The van der Waals surface area contributed by atoms with Gasteiger partial charge in [-0.3, -0.25) is 0 Å². The quantitative estimate of drug-likeness (QED) is 0.865. The lowest BCUT2D eigenvalue weighted by atomic mass is 10.3. The van der Waals surface area contributed by atoms with Crippen LogP contribution in [0.15, 0.2) is 10.5 Å². The van der Waals surface area contributed by atoms with E-state index in [2.05, 4.69) is 20.5 Å². The Hall–Kier alpha value is -1.15. The lowest BCUT2D eigenvalue weighted by Crippen LogP contribution is -2.08. The van der Waals surface area contributed by atoms with Crippen molar-refractivity contribution in [3.63, 3.8) is 0 Å². The maximum absolute atomic E-state index is 5.61. The minimum absolute atomic E-state index is 0.475. The Labute approximate surface area is 113 Å². The van der Waals surface area contributed by atoms with Gasteiger partial charge in [0.15, 0.2) is 5.13 Å². The maximum Gasteiger partial charge on any atom is 0.209 e. The molecule has 1 fully saturated rings. The number of nitrogens with zero attached hydrogens (tertiary/aromatic N) is 5. The van der Waals surface area contributed by atoms with Crippen LogP contribution in [-0.2, 0) is 5.75 Å². The average Bonchev–Trinajstić information content (AvgIpc) is 3.07. The Balaban J connectivity index is 1.67. The van der Waals surface area contributed by atoms with Gasteiger partial charge in [-0.25, -0.2) is 9.67 Å². The van der Waals surface area contributed by atoms with Gasteiger partial charge in [0, 0.05) is 11.1 Å². The van der Waals surface area contributed by atoms with E-state index in [1.807, 2.05) is 10.1 Å². The first-order valence-corrected chi connectivity index (χ1v) is 7.80. The summed E-state index contributed by atoms with van der Waals surface area (Å²) in [4.78, 5) is 4.23.